The van der Waals surface area contributed by atoms with Crippen LogP contribution in [-0.2, 0) is 0 Å². The fraction of sp³-hybridized carbons (Fsp3) is 1.00. The van der Waals surface area contributed by atoms with Gasteiger partial charge in [0, 0.05) is 6.04 Å². The summed E-state index contributed by atoms with van der Waals surface area (Å²) in [7, 11) is 0. The van der Waals surface area contributed by atoms with Crippen molar-refractivity contribution < 1.29 is 0 Å². The van der Waals surface area contributed by atoms with Crippen molar-refractivity contribution in [1.29, 1.82) is 0 Å². The molecule has 0 aromatic heterocycles. The van der Waals surface area contributed by atoms with Crippen LogP contribution in [0.2, 0.25) is 0 Å². The smallest absolute Gasteiger partial charge is 0.0127 e. The molecule has 13 heavy (non-hydrogen) atoms. The van der Waals surface area contributed by atoms with Crippen molar-refractivity contribution in [3.63, 3.8) is 0 Å². The highest BCUT2D eigenvalue weighted by Crippen LogP contribution is 2.59. The Kier molecular flexibility index (Phi) is 2.18. The van der Waals surface area contributed by atoms with E-state index in [1.165, 1.54) is 25.7 Å². The van der Waals surface area contributed by atoms with Gasteiger partial charge in [-0.05, 0) is 42.4 Å². The Balaban J connectivity index is 2.13. The van der Waals surface area contributed by atoms with Crippen LogP contribution in [0, 0.1) is 23.2 Å². The first kappa shape index (κ1) is 9.51. The molecular weight excluding hydrogens is 158 g/mol. The summed E-state index contributed by atoms with van der Waals surface area (Å²) in [6, 6.07) is 0.484. The molecule has 76 valence electrons. The number of nitrogens with two attached hydrogens (primary N) is 1. The van der Waals surface area contributed by atoms with E-state index in [2.05, 4.69) is 20.8 Å². The van der Waals surface area contributed by atoms with Gasteiger partial charge in [0.1, 0.15) is 0 Å². The van der Waals surface area contributed by atoms with Gasteiger partial charge in [-0.25, -0.2) is 0 Å². The quantitative estimate of drug-likeness (QED) is 0.696. The molecule has 2 N–H and O–H groups in total. The summed E-state index contributed by atoms with van der Waals surface area (Å²) in [6.07, 6.45) is 5.72. The van der Waals surface area contributed by atoms with Crippen LogP contribution in [0.15, 0.2) is 0 Å². The molecule has 0 amide bonds. The number of hydrogen-bond acceptors (Lipinski definition) is 1. The van der Waals surface area contributed by atoms with Gasteiger partial charge in [-0.2, -0.15) is 0 Å². The average Bonchev–Trinajstić information content (AvgIpc) is 1.98. The van der Waals surface area contributed by atoms with E-state index in [0.717, 1.165) is 17.8 Å². The van der Waals surface area contributed by atoms with Crippen molar-refractivity contribution in [3.05, 3.63) is 0 Å². The van der Waals surface area contributed by atoms with Crippen molar-refractivity contribution in [2.45, 2.75) is 52.5 Å². The third-order valence-corrected chi connectivity index (χ3v) is 4.85. The lowest BCUT2D eigenvalue weighted by Crippen LogP contribution is -2.64. The topological polar surface area (TPSA) is 26.0 Å². The standard InChI is InChI=1S/C12H23N/c1-8(2)12(10-5-4-6-10)7-9(3)11(12)13/h8-11H,4-7,13H2,1-3H3. The highest BCUT2D eigenvalue weighted by atomic mass is 14.8. The third kappa shape index (κ3) is 1.09. The lowest BCUT2D eigenvalue weighted by molar-refractivity contribution is -0.0984. The van der Waals surface area contributed by atoms with Gasteiger partial charge in [0.05, 0.1) is 0 Å². The lowest BCUT2D eigenvalue weighted by Gasteiger charge is -2.62. The minimum atomic E-state index is 0.484. The summed E-state index contributed by atoms with van der Waals surface area (Å²) in [5, 5.41) is 0. The Morgan fingerprint density at radius 2 is 1.92 bits per heavy atom. The first-order chi connectivity index (χ1) is 6.09. The van der Waals surface area contributed by atoms with Crippen molar-refractivity contribution in [3.8, 4) is 0 Å². The van der Waals surface area contributed by atoms with Crippen molar-refractivity contribution in [1.82, 2.24) is 0 Å². The second-order valence-corrected chi connectivity index (χ2v) is 5.60. The van der Waals surface area contributed by atoms with E-state index in [1.54, 1.807) is 0 Å². The molecule has 2 aliphatic rings. The molecule has 3 unspecified atom stereocenters. The molecule has 0 heterocycles. The Labute approximate surface area is 82.1 Å². The van der Waals surface area contributed by atoms with Crippen LogP contribution in [0.3, 0.4) is 0 Å². The summed E-state index contributed by atoms with van der Waals surface area (Å²) in [5.41, 5.74) is 6.84. The van der Waals surface area contributed by atoms with Gasteiger partial charge in [-0.1, -0.05) is 27.2 Å². The minimum Gasteiger partial charge on any atom is -0.327 e. The Morgan fingerprint density at radius 3 is 2.15 bits per heavy atom. The van der Waals surface area contributed by atoms with E-state index in [4.69, 9.17) is 5.73 Å². The molecule has 0 bridgehead atoms. The van der Waals surface area contributed by atoms with E-state index in [0.29, 0.717) is 11.5 Å². The third-order valence-electron chi connectivity index (χ3n) is 4.85. The summed E-state index contributed by atoms with van der Waals surface area (Å²) >= 11 is 0. The molecule has 0 aromatic rings. The van der Waals surface area contributed by atoms with Gasteiger partial charge in [0.15, 0.2) is 0 Å². The van der Waals surface area contributed by atoms with Gasteiger partial charge in [-0.3, -0.25) is 0 Å². The molecule has 2 rings (SSSR count). The predicted octanol–water partition coefficient (Wildman–Crippen LogP) is 2.80. The maximum Gasteiger partial charge on any atom is 0.0127 e. The zero-order chi connectivity index (χ0) is 9.64. The van der Waals surface area contributed by atoms with Crippen LogP contribution in [0.4, 0.5) is 0 Å². The molecule has 0 radical (unpaired) electrons. The summed E-state index contributed by atoms with van der Waals surface area (Å²) in [6.45, 7) is 7.04. The van der Waals surface area contributed by atoms with Gasteiger partial charge < -0.3 is 5.73 Å². The first-order valence-corrected chi connectivity index (χ1v) is 5.84. The largest absolute Gasteiger partial charge is 0.327 e. The van der Waals surface area contributed by atoms with Crippen LogP contribution in [-0.4, -0.2) is 6.04 Å². The number of hydrogen-bond donors (Lipinski definition) is 1. The highest BCUT2D eigenvalue weighted by Gasteiger charge is 2.56. The molecule has 1 nitrogen and oxygen atoms in total. The normalized spacial score (nSPS) is 45.9. The zero-order valence-corrected chi connectivity index (χ0v) is 9.22. The number of rotatable bonds is 2. The van der Waals surface area contributed by atoms with Gasteiger partial charge >= 0.3 is 0 Å². The summed E-state index contributed by atoms with van der Waals surface area (Å²) in [5.74, 6) is 2.51. The van der Waals surface area contributed by atoms with Crippen molar-refractivity contribution >= 4 is 0 Å². The molecule has 3 atom stereocenters. The summed E-state index contributed by atoms with van der Waals surface area (Å²) < 4.78 is 0. The van der Waals surface area contributed by atoms with E-state index in [1.807, 2.05) is 0 Å². The van der Waals surface area contributed by atoms with Gasteiger partial charge in [-0.15, -0.1) is 0 Å². The van der Waals surface area contributed by atoms with Crippen LogP contribution in [0.1, 0.15) is 46.5 Å². The van der Waals surface area contributed by atoms with Crippen LogP contribution >= 0.6 is 0 Å². The fourth-order valence-corrected chi connectivity index (χ4v) is 3.67. The van der Waals surface area contributed by atoms with E-state index in [9.17, 15) is 0 Å². The molecule has 0 aromatic carbocycles. The van der Waals surface area contributed by atoms with E-state index >= 15 is 0 Å². The maximum atomic E-state index is 6.31. The Bertz CT molecular complexity index is 191. The molecule has 0 spiro atoms. The molecule has 2 fully saturated rings. The molecule has 2 aliphatic carbocycles. The molecular formula is C12H23N. The first-order valence-electron chi connectivity index (χ1n) is 5.84. The second kappa shape index (κ2) is 2.98. The van der Waals surface area contributed by atoms with Gasteiger partial charge in [0.2, 0.25) is 0 Å². The lowest BCUT2D eigenvalue weighted by atomic mass is 9.45. The molecule has 2 saturated carbocycles. The predicted molar refractivity (Wildman–Crippen MR) is 56.4 cm³/mol. The molecule has 1 heteroatoms. The van der Waals surface area contributed by atoms with Crippen LogP contribution < -0.4 is 5.73 Å². The molecule has 0 aliphatic heterocycles. The minimum absolute atomic E-state index is 0.484. The van der Waals surface area contributed by atoms with E-state index < -0.39 is 0 Å². The summed E-state index contributed by atoms with van der Waals surface area (Å²) in [4.78, 5) is 0. The van der Waals surface area contributed by atoms with Crippen LogP contribution in [0.25, 0.3) is 0 Å². The Hall–Kier alpha value is -0.0400. The van der Waals surface area contributed by atoms with E-state index in [-0.39, 0.29) is 0 Å². The monoisotopic (exact) mass is 181 g/mol. The van der Waals surface area contributed by atoms with Crippen molar-refractivity contribution in [2.75, 3.05) is 0 Å². The average molecular weight is 181 g/mol. The maximum absolute atomic E-state index is 6.31. The zero-order valence-electron chi connectivity index (χ0n) is 9.22. The van der Waals surface area contributed by atoms with Crippen molar-refractivity contribution in [2.24, 2.45) is 28.9 Å². The fourth-order valence-electron chi connectivity index (χ4n) is 3.67. The second-order valence-electron chi connectivity index (χ2n) is 5.60. The Morgan fingerprint density at radius 1 is 1.31 bits per heavy atom. The van der Waals surface area contributed by atoms with Gasteiger partial charge in [0.25, 0.3) is 0 Å². The highest BCUT2D eigenvalue weighted by molar-refractivity contribution is 5.09. The van der Waals surface area contributed by atoms with Crippen LogP contribution in [0.5, 0.6) is 0 Å². The molecule has 0 saturated heterocycles. The SMILES string of the molecule is CC1CC(C(C)C)(C2CCC2)C1N.